The molecule has 2 heterocycles. The molecule has 2 aromatic rings. The SMILES string of the molecule is O=C(CCc1ccco1)c1c(O)cccc1O[C@@H]1O[C@H](CO)[C@@H](O)[C@H](O)[C@H]1O. The highest BCUT2D eigenvalue weighted by molar-refractivity contribution is 6.01. The van der Waals surface area contributed by atoms with Gasteiger partial charge in [0, 0.05) is 12.8 Å². The van der Waals surface area contributed by atoms with Crippen molar-refractivity contribution in [3.05, 3.63) is 47.9 Å². The lowest BCUT2D eigenvalue weighted by Crippen LogP contribution is -2.60. The molecule has 0 radical (unpaired) electrons. The van der Waals surface area contributed by atoms with E-state index in [4.69, 9.17) is 13.9 Å². The summed E-state index contributed by atoms with van der Waals surface area (Å²) < 4.78 is 16.0. The highest BCUT2D eigenvalue weighted by Crippen LogP contribution is 2.32. The first-order chi connectivity index (χ1) is 13.4. The van der Waals surface area contributed by atoms with E-state index in [0.717, 1.165) is 0 Å². The fourth-order valence-electron chi connectivity index (χ4n) is 3.00. The molecule has 9 nitrogen and oxygen atoms in total. The molecule has 1 aromatic carbocycles. The van der Waals surface area contributed by atoms with Crippen molar-refractivity contribution in [1.82, 2.24) is 0 Å². The molecule has 28 heavy (non-hydrogen) atoms. The lowest BCUT2D eigenvalue weighted by atomic mass is 9.99. The number of furan rings is 1. The molecule has 1 aliphatic rings. The molecule has 9 heteroatoms. The lowest BCUT2D eigenvalue weighted by Gasteiger charge is -2.39. The van der Waals surface area contributed by atoms with Crippen LogP contribution in [0.4, 0.5) is 0 Å². The summed E-state index contributed by atoms with van der Waals surface area (Å²) in [5, 5.41) is 49.2. The molecule has 0 bridgehead atoms. The summed E-state index contributed by atoms with van der Waals surface area (Å²) in [6.45, 7) is -0.611. The first-order valence-electron chi connectivity index (χ1n) is 8.77. The number of Topliss-reactive ketones (excluding diaryl/α,β-unsaturated/α-hetero) is 1. The van der Waals surface area contributed by atoms with Crippen molar-refractivity contribution >= 4 is 5.78 Å². The van der Waals surface area contributed by atoms with Gasteiger partial charge in [-0.25, -0.2) is 0 Å². The number of phenols is 1. The molecule has 152 valence electrons. The third-order valence-corrected chi connectivity index (χ3v) is 4.55. The monoisotopic (exact) mass is 394 g/mol. The van der Waals surface area contributed by atoms with E-state index in [1.54, 1.807) is 12.1 Å². The van der Waals surface area contributed by atoms with Crippen LogP contribution in [-0.4, -0.2) is 68.6 Å². The summed E-state index contributed by atoms with van der Waals surface area (Å²) in [6, 6.07) is 7.59. The molecular formula is C19H22O9. The van der Waals surface area contributed by atoms with Crippen molar-refractivity contribution in [3.63, 3.8) is 0 Å². The molecule has 1 fully saturated rings. The van der Waals surface area contributed by atoms with Crippen molar-refractivity contribution in [2.24, 2.45) is 0 Å². The Morgan fingerprint density at radius 2 is 1.86 bits per heavy atom. The van der Waals surface area contributed by atoms with Gasteiger partial charge in [0.1, 0.15) is 47.2 Å². The molecule has 1 saturated heterocycles. The number of rotatable bonds is 7. The molecule has 0 spiro atoms. The number of hydrogen-bond acceptors (Lipinski definition) is 9. The summed E-state index contributed by atoms with van der Waals surface area (Å²) in [7, 11) is 0. The van der Waals surface area contributed by atoms with Gasteiger partial charge in [-0.1, -0.05) is 6.07 Å². The zero-order valence-corrected chi connectivity index (χ0v) is 14.8. The number of phenolic OH excluding ortho intramolecular Hbond substituents is 1. The van der Waals surface area contributed by atoms with E-state index in [-0.39, 0.29) is 23.5 Å². The Hall–Kier alpha value is -2.43. The largest absolute Gasteiger partial charge is 0.507 e. The van der Waals surface area contributed by atoms with Gasteiger partial charge in [-0.05, 0) is 24.3 Å². The molecule has 0 amide bonds. The number of aliphatic hydroxyl groups is 4. The lowest BCUT2D eigenvalue weighted by molar-refractivity contribution is -0.277. The van der Waals surface area contributed by atoms with Crippen LogP contribution in [-0.2, 0) is 11.2 Å². The first kappa shape index (κ1) is 20.3. The minimum Gasteiger partial charge on any atom is -0.507 e. The van der Waals surface area contributed by atoms with Gasteiger partial charge in [0.25, 0.3) is 0 Å². The van der Waals surface area contributed by atoms with Crippen LogP contribution in [0, 0.1) is 0 Å². The van der Waals surface area contributed by atoms with E-state index in [9.17, 15) is 30.3 Å². The van der Waals surface area contributed by atoms with Crippen molar-refractivity contribution in [2.45, 2.75) is 43.5 Å². The van der Waals surface area contributed by atoms with Gasteiger partial charge in [0.2, 0.25) is 6.29 Å². The number of benzene rings is 1. The fraction of sp³-hybridized carbons (Fsp3) is 0.421. The average molecular weight is 394 g/mol. The number of aryl methyl sites for hydroxylation is 1. The standard InChI is InChI=1S/C19H22O9/c20-9-14-16(23)17(24)18(25)19(28-14)27-13-5-1-4-11(21)15(13)12(22)7-6-10-3-2-8-26-10/h1-5,8,14,16-21,23-25H,6-7,9H2/t14-,16-,17+,18-,19-/m1/s1. The Balaban J connectivity index is 1.78. The predicted octanol–water partition coefficient (Wildman–Crippen LogP) is -0.0206. The van der Waals surface area contributed by atoms with Gasteiger partial charge in [-0.3, -0.25) is 4.79 Å². The second-order valence-corrected chi connectivity index (χ2v) is 6.47. The van der Waals surface area contributed by atoms with E-state index < -0.39 is 43.1 Å². The predicted molar refractivity (Wildman–Crippen MR) is 93.9 cm³/mol. The highest BCUT2D eigenvalue weighted by atomic mass is 16.7. The van der Waals surface area contributed by atoms with Crippen LogP contribution in [0.15, 0.2) is 41.0 Å². The minimum absolute atomic E-state index is 0.0378. The van der Waals surface area contributed by atoms with Gasteiger partial charge in [0.05, 0.1) is 12.9 Å². The molecule has 0 unspecified atom stereocenters. The van der Waals surface area contributed by atoms with E-state index in [2.05, 4.69) is 0 Å². The Morgan fingerprint density at radius 1 is 1.07 bits per heavy atom. The van der Waals surface area contributed by atoms with Crippen LogP contribution in [0.5, 0.6) is 11.5 Å². The summed E-state index contributed by atoms with van der Waals surface area (Å²) >= 11 is 0. The van der Waals surface area contributed by atoms with Crippen molar-refractivity contribution in [2.75, 3.05) is 6.61 Å². The molecule has 3 rings (SSSR count). The molecule has 0 saturated carbocycles. The van der Waals surface area contributed by atoms with Crippen LogP contribution < -0.4 is 4.74 Å². The second-order valence-electron chi connectivity index (χ2n) is 6.47. The smallest absolute Gasteiger partial charge is 0.229 e. The number of hydrogen-bond donors (Lipinski definition) is 5. The summed E-state index contributed by atoms with van der Waals surface area (Å²) in [5.41, 5.74) is -0.106. The Bertz CT molecular complexity index is 787. The quantitative estimate of drug-likeness (QED) is 0.408. The van der Waals surface area contributed by atoms with Crippen LogP contribution >= 0.6 is 0 Å². The number of carbonyl (C=O) groups is 1. The molecule has 1 aromatic heterocycles. The van der Waals surface area contributed by atoms with Gasteiger partial charge in [-0.2, -0.15) is 0 Å². The van der Waals surface area contributed by atoms with E-state index in [1.807, 2.05) is 0 Å². The molecule has 0 aliphatic carbocycles. The van der Waals surface area contributed by atoms with Gasteiger partial charge >= 0.3 is 0 Å². The number of ether oxygens (including phenoxy) is 2. The number of ketones is 1. The summed E-state index contributed by atoms with van der Waals surface area (Å²) in [6.07, 6.45) is -5.55. The number of aromatic hydroxyl groups is 1. The number of aliphatic hydroxyl groups excluding tert-OH is 4. The van der Waals surface area contributed by atoms with Crippen LogP contribution in [0.25, 0.3) is 0 Å². The van der Waals surface area contributed by atoms with Crippen molar-refractivity contribution < 1.29 is 44.2 Å². The Morgan fingerprint density at radius 3 is 2.54 bits per heavy atom. The maximum atomic E-state index is 12.6. The van der Waals surface area contributed by atoms with E-state index >= 15 is 0 Å². The molecule has 5 atom stereocenters. The molecule has 5 N–H and O–H groups in total. The van der Waals surface area contributed by atoms with Crippen molar-refractivity contribution in [3.8, 4) is 11.5 Å². The zero-order chi connectivity index (χ0) is 20.3. The van der Waals surface area contributed by atoms with E-state index in [0.29, 0.717) is 12.2 Å². The third-order valence-electron chi connectivity index (χ3n) is 4.55. The van der Waals surface area contributed by atoms with Crippen LogP contribution in [0.1, 0.15) is 22.5 Å². The second kappa shape index (κ2) is 8.72. The van der Waals surface area contributed by atoms with E-state index in [1.165, 1.54) is 24.5 Å². The Kier molecular flexibility index (Phi) is 6.32. The van der Waals surface area contributed by atoms with Gasteiger partial charge in [0.15, 0.2) is 5.78 Å². The third kappa shape index (κ3) is 4.18. The molecule has 1 aliphatic heterocycles. The maximum absolute atomic E-state index is 12.6. The van der Waals surface area contributed by atoms with Crippen molar-refractivity contribution in [1.29, 1.82) is 0 Å². The normalized spacial score (nSPS) is 27.5. The maximum Gasteiger partial charge on any atom is 0.229 e. The van der Waals surface area contributed by atoms with Crippen LogP contribution in [0.2, 0.25) is 0 Å². The summed E-state index contributed by atoms with van der Waals surface area (Å²) in [4.78, 5) is 12.6. The topological polar surface area (TPSA) is 150 Å². The number of carbonyl (C=O) groups excluding carboxylic acids is 1. The zero-order valence-electron chi connectivity index (χ0n) is 14.8. The minimum atomic E-state index is -1.63. The fourth-order valence-corrected chi connectivity index (χ4v) is 3.00. The van der Waals surface area contributed by atoms with Gasteiger partial charge in [-0.15, -0.1) is 0 Å². The Labute approximate surface area is 160 Å². The average Bonchev–Trinajstić information content (AvgIpc) is 3.20. The van der Waals surface area contributed by atoms with Crippen LogP contribution in [0.3, 0.4) is 0 Å². The molecular weight excluding hydrogens is 372 g/mol. The highest BCUT2D eigenvalue weighted by Gasteiger charge is 2.45. The first-order valence-corrected chi connectivity index (χ1v) is 8.77. The van der Waals surface area contributed by atoms with Gasteiger partial charge < -0.3 is 39.4 Å². The summed E-state index contributed by atoms with van der Waals surface area (Å²) in [5.74, 6) is -0.186.